The van der Waals surface area contributed by atoms with E-state index in [9.17, 15) is 19.0 Å². The number of carbonyl (C=O) groups is 2. The molecule has 2 unspecified atom stereocenters. The molecule has 0 bridgehead atoms. The van der Waals surface area contributed by atoms with Crippen LogP contribution >= 0.6 is 7.82 Å². The summed E-state index contributed by atoms with van der Waals surface area (Å²) in [6.45, 7) is 4.02. The number of likely N-dealkylation sites (N-methyl/N-ethyl adjacent to an activating group) is 1. The van der Waals surface area contributed by atoms with Crippen molar-refractivity contribution in [2.75, 3.05) is 47.5 Å². The third-order valence-corrected chi connectivity index (χ3v) is 11.9. The first kappa shape index (κ1) is 71.1. The Hall–Kier alpha value is -4.89. The van der Waals surface area contributed by atoms with Crippen molar-refractivity contribution in [3.05, 3.63) is 182 Å². The average molecular weight is 1070 g/mol. The number of phosphoric ester groups is 1. The van der Waals surface area contributed by atoms with Crippen LogP contribution in [-0.2, 0) is 32.7 Å². The maximum atomic E-state index is 12.8. The lowest BCUT2D eigenvalue weighted by Crippen LogP contribution is -2.37. The maximum absolute atomic E-state index is 12.8. The Morgan fingerprint density at radius 1 is 0.421 bits per heavy atom. The van der Waals surface area contributed by atoms with Crippen molar-refractivity contribution in [2.45, 2.75) is 174 Å². The number of carbonyl (C=O) groups excluding carboxylic acids is 2. The van der Waals surface area contributed by atoms with Gasteiger partial charge in [-0.3, -0.25) is 18.6 Å². The van der Waals surface area contributed by atoms with E-state index in [0.29, 0.717) is 23.9 Å². The van der Waals surface area contributed by atoms with Crippen molar-refractivity contribution in [3.63, 3.8) is 0 Å². The van der Waals surface area contributed by atoms with E-state index >= 15 is 0 Å². The summed E-state index contributed by atoms with van der Waals surface area (Å²) in [6, 6.07) is 0. The van der Waals surface area contributed by atoms with Crippen LogP contribution in [0.4, 0.5) is 0 Å². The van der Waals surface area contributed by atoms with E-state index in [1.807, 2.05) is 33.3 Å². The van der Waals surface area contributed by atoms with E-state index in [1.54, 1.807) is 6.08 Å². The third kappa shape index (κ3) is 58.4. The molecule has 0 aliphatic heterocycles. The fourth-order valence-corrected chi connectivity index (χ4v) is 7.38. The van der Waals surface area contributed by atoms with Crippen LogP contribution in [-0.4, -0.2) is 74.9 Å². The molecule has 0 aromatic rings. The van der Waals surface area contributed by atoms with Crippen LogP contribution in [0.3, 0.4) is 0 Å². The lowest BCUT2D eigenvalue weighted by atomic mass is 10.1. The number of hydrogen-bond donors (Lipinski definition) is 1. The Morgan fingerprint density at radius 3 is 1.12 bits per heavy atom. The molecule has 0 amide bonds. The lowest BCUT2D eigenvalue weighted by molar-refractivity contribution is -0.870. The van der Waals surface area contributed by atoms with Crippen LogP contribution in [0.15, 0.2) is 182 Å². The highest BCUT2D eigenvalue weighted by Gasteiger charge is 2.27. The van der Waals surface area contributed by atoms with Crippen LogP contribution < -0.4 is 0 Å². The second-order valence-corrected chi connectivity index (χ2v) is 20.7. The molecule has 0 radical (unpaired) electrons. The van der Waals surface area contributed by atoms with Crippen LogP contribution in [0.25, 0.3) is 0 Å². The molecule has 0 saturated carbocycles. The molecule has 0 spiro atoms. The summed E-state index contributed by atoms with van der Waals surface area (Å²) in [6.07, 6.45) is 85.7. The van der Waals surface area contributed by atoms with Gasteiger partial charge in [0, 0.05) is 6.42 Å². The number of quaternary nitrogens is 1. The van der Waals surface area contributed by atoms with Gasteiger partial charge in [-0.2, -0.15) is 0 Å². The zero-order valence-corrected chi connectivity index (χ0v) is 48.8. The number of hydrogen-bond acceptors (Lipinski definition) is 7. The molecule has 2 atom stereocenters. The standard InChI is InChI=1S/C66H102NO8P/c1-6-8-10-12-14-16-18-20-22-23-24-25-26-27-28-29-30-31-32-33-34-35-36-37-38-39-40-41-42-43-45-47-49-51-53-55-57-59-66(69)75-64(63-74-76(70,71)73-61-60-67(3,4)5)62-72-65(68)58-56-54-52-50-48-46-44-21-19-17-15-13-11-9-7-2/h8-11,14-17,20-22,24-25,27-28,30-31,33-34,36-37,39-40,42-44,48,50,54,56,64H,6-7,12-13,18-19,23,26,29,32,35,38,41,45-47,49,51-53,55,57-63H2,1-5H3/p+1/b10-8-,11-9-,16-14-,17-15-,22-20-,25-24-,28-27-,31-30-,34-33-,37-36-,40-39-,43-42-,44-21-,50-48-,56-54-. The Balaban J connectivity index is 4.28. The molecule has 0 heterocycles. The number of phosphoric acid groups is 1. The Labute approximate surface area is 463 Å². The number of esters is 2. The average Bonchev–Trinajstić information content (AvgIpc) is 3.38. The summed E-state index contributed by atoms with van der Waals surface area (Å²) in [5.41, 5.74) is 0. The van der Waals surface area contributed by atoms with Gasteiger partial charge < -0.3 is 18.9 Å². The van der Waals surface area contributed by atoms with Crippen molar-refractivity contribution in [2.24, 2.45) is 0 Å². The predicted octanol–water partition coefficient (Wildman–Crippen LogP) is 18.0. The maximum Gasteiger partial charge on any atom is 0.472 e. The van der Waals surface area contributed by atoms with E-state index in [0.717, 1.165) is 128 Å². The van der Waals surface area contributed by atoms with E-state index in [1.165, 1.54) is 0 Å². The zero-order valence-electron chi connectivity index (χ0n) is 47.9. The van der Waals surface area contributed by atoms with E-state index in [-0.39, 0.29) is 26.1 Å². The van der Waals surface area contributed by atoms with Crippen molar-refractivity contribution >= 4 is 19.8 Å². The minimum Gasteiger partial charge on any atom is -0.461 e. The lowest BCUT2D eigenvalue weighted by Gasteiger charge is -2.24. The first-order chi connectivity index (χ1) is 37.0. The normalized spacial score (nSPS) is 14.7. The molecule has 0 saturated heterocycles. The van der Waals surface area contributed by atoms with Crippen LogP contribution in [0.2, 0.25) is 0 Å². The van der Waals surface area contributed by atoms with Crippen molar-refractivity contribution in [1.82, 2.24) is 0 Å². The van der Waals surface area contributed by atoms with Crippen molar-refractivity contribution < 1.29 is 42.1 Å². The molecule has 0 aliphatic rings. The number of unbranched alkanes of at least 4 members (excludes halogenated alkanes) is 6. The summed E-state index contributed by atoms with van der Waals surface area (Å²) in [5.74, 6) is -0.981. The molecule has 424 valence electrons. The molecule has 0 aliphatic carbocycles. The molecule has 9 nitrogen and oxygen atoms in total. The van der Waals surface area contributed by atoms with Gasteiger partial charge in [-0.25, -0.2) is 4.57 Å². The molecule has 1 N–H and O–H groups in total. The minimum atomic E-state index is -4.42. The molecule has 10 heteroatoms. The van der Waals surface area contributed by atoms with Gasteiger partial charge in [-0.05, 0) is 116 Å². The zero-order chi connectivity index (χ0) is 55.6. The van der Waals surface area contributed by atoms with Crippen LogP contribution in [0.5, 0.6) is 0 Å². The second kappa shape index (κ2) is 54.9. The molecule has 0 rings (SSSR count). The minimum absolute atomic E-state index is 0.00405. The summed E-state index contributed by atoms with van der Waals surface area (Å²) < 4.78 is 34.3. The number of rotatable bonds is 49. The van der Waals surface area contributed by atoms with Gasteiger partial charge >= 0.3 is 19.8 Å². The Kier molecular flexibility index (Phi) is 51.4. The fraction of sp³-hybridized carbons (Fsp3) is 0.515. The van der Waals surface area contributed by atoms with E-state index in [2.05, 4.69) is 178 Å². The molecule has 0 aromatic heterocycles. The quantitative estimate of drug-likeness (QED) is 0.0211. The second-order valence-electron chi connectivity index (χ2n) is 19.2. The summed E-state index contributed by atoms with van der Waals surface area (Å²) >= 11 is 0. The number of ether oxygens (including phenoxy) is 2. The predicted molar refractivity (Wildman–Crippen MR) is 325 cm³/mol. The largest absolute Gasteiger partial charge is 0.472 e. The Morgan fingerprint density at radius 2 is 0.750 bits per heavy atom. The number of allylic oxidation sites excluding steroid dienone is 29. The van der Waals surface area contributed by atoms with Gasteiger partial charge in [-0.15, -0.1) is 0 Å². The van der Waals surface area contributed by atoms with Gasteiger partial charge in [0.15, 0.2) is 6.10 Å². The Bertz CT molecular complexity index is 1930. The van der Waals surface area contributed by atoms with Gasteiger partial charge in [0.25, 0.3) is 0 Å². The highest BCUT2D eigenvalue weighted by Crippen LogP contribution is 2.43. The number of nitrogens with zero attached hydrogens (tertiary/aromatic N) is 1. The molecular weight excluding hydrogens is 966 g/mol. The fourth-order valence-electron chi connectivity index (χ4n) is 6.64. The van der Waals surface area contributed by atoms with E-state index in [4.69, 9.17) is 18.5 Å². The van der Waals surface area contributed by atoms with Crippen LogP contribution in [0, 0.1) is 0 Å². The third-order valence-electron chi connectivity index (χ3n) is 11.0. The highest BCUT2D eigenvalue weighted by atomic mass is 31.2. The summed E-state index contributed by atoms with van der Waals surface area (Å²) in [4.78, 5) is 35.5. The summed E-state index contributed by atoms with van der Waals surface area (Å²) in [7, 11) is 1.39. The summed E-state index contributed by atoms with van der Waals surface area (Å²) in [5, 5.41) is 0. The van der Waals surface area contributed by atoms with Gasteiger partial charge in [0.05, 0.1) is 34.2 Å². The molecule has 76 heavy (non-hydrogen) atoms. The first-order valence-corrected chi connectivity index (χ1v) is 30.0. The van der Waals surface area contributed by atoms with E-state index < -0.39 is 32.5 Å². The topological polar surface area (TPSA) is 108 Å². The molecule has 0 fully saturated rings. The van der Waals surface area contributed by atoms with Crippen LogP contribution in [0.1, 0.15) is 168 Å². The SMILES string of the molecule is CC/C=C\C/C=C\C/C=C\C/C=C\C/C=C\C/C=C\C/C=C\C/C=C\C/C=C\C/C=C\CCCCCCCCC(=O)OC(COC(=O)C/C=C\C/C=C\C/C=C\C/C=C\C/C=C\CC)COP(=O)(O)OCC[N+](C)(C)C. The highest BCUT2D eigenvalue weighted by molar-refractivity contribution is 7.47. The van der Waals surface area contributed by atoms with Gasteiger partial charge in [-0.1, -0.05) is 222 Å². The van der Waals surface area contributed by atoms with Crippen molar-refractivity contribution in [3.8, 4) is 0 Å². The van der Waals surface area contributed by atoms with Gasteiger partial charge in [0.1, 0.15) is 19.8 Å². The first-order valence-electron chi connectivity index (χ1n) is 28.5. The molecule has 0 aromatic carbocycles. The van der Waals surface area contributed by atoms with Gasteiger partial charge in [0.2, 0.25) is 0 Å². The van der Waals surface area contributed by atoms with Crippen molar-refractivity contribution in [1.29, 1.82) is 0 Å². The molecular formula is C66H103NO8P+. The monoisotopic (exact) mass is 1070 g/mol. The smallest absolute Gasteiger partial charge is 0.461 e.